The number of piperidine rings is 1. The van der Waals surface area contributed by atoms with Crippen molar-refractivity contribution in [1.82, 2.24) is 25.3 Å². The molecule has 2 saturated heterocycles. The zero-order valence-corrected chi connectivity index (χ0v) is 21.3. The van der Waals surface area contributed by atoms with E-state index in [0.717, 1.165) is 31.5 Å². The van der Waals surface area contributed by atoms with E-state index in [1.165, 1.54) is 0 Å². The van der Waals surface area contributed by atoms with E-state index in [1.807, 2.05) is 24.3 Å². The average Bonchev–Trinajstić information content (AvgIpc) is 2.94. The molecule has 0 spiro atoms. The zero-order chi connectivity index (χ0) is 26.3. The highest BCUT2D eigenvalue weighted by Crippen LogP contribution is 2.25. The van der Waals surface area contributed by atoms with Crippen molar-refractivity contribution in [3.05, 3.63) is 48.8 Å². The summed E-state index contributed by atoms with van der Waals surface area (Å²) in [6.45, 7) is 5.71. The summed E-state index contributed by atoms with van der Waals surface area (Å²) in [5, 5.41) is 8.61. The Morgan fingerprint density at radius 3 is 2.00 bits per heavy atom. The fourth-order valence-electron chi connectivity index (χ4n) is 4.47. The highest BCUT2D eigenvalue weighted by Gasteiger charge is 2.24. The fraction of sp³-hybridized carbons (Fsp3) is 0.385. The number of morpholine rings is 1. The molecule has 4 heterocycles. The molecule has 2 fully saturated rings. The second kappa shape index (κ2) is 11.8. The van der Waals surface area contributed by atoms with Crippen molar-refractivity contribution in [2.24, 2.45) is 0 Å². The second-order valence-corrected chi connectivity index (χ2v) is 9.21. The van der Waals surface area contributed by atoms with Gasteiger partial charge in [-0.15, -0.1) is 0 Å². The van der Waals surface area contributed by atoms with Crippen LogP contribution in [0.3, 0.4) is 0 Å². The smallest absolute Gasteiger partial charge is 0.323 e. The number of pyridine rings is 1. The lowest BCUT2D eigenvalue weighted by Crippen LogP contribution is -2.45. The van der Waals surface area contributed by atoms with Gasteiger partial charge >= 0.3 is 6.03 Å². The molecule has 3 amide bonds. The summed E-state index contributed by atoms with van der Waals surface area (Å²) >= 11 is 0. The van der Waals surface area contributed by atoms with Crippen LogP contribution in [0.1, 0.15) is 19.8 Å². The van der Waals surface area contributed by atoms with E-state index >= 15 is 0 Å². The van der Waals surface area contributed by atoms with E-state index in [9.17, 15) is 9.59 Å². The Balaban J connectivity index is 1.33. The lowest BCUT2D eigenvalue weighted by molar-refractivity contribution is -0.119. The number of carbonyl (C=O) groups is 2. The molecule has 38 heavy (non-hydrogen) atoms. The predicted octanol–water partition coefficient (Wildman–Crippen LogP) is 2.52. The molecule has 12 heteroatoms. The molecule has 5 rings (SSSR count). The maximum atomic E-state index is 12.3. The van der Waals surface area contributed by atoms with Crippen molar-refractivity contribution in [3.8, 4) is 11.4 Å². The van der Waals surface area contributed by atoms with Crippen molar-refractivity contribution in [2.45, 2.75) is 25.8 Å². The topological polar surface area (TPSA) is 138 Å². The normalized spacial score (nSPS) is 16.1. The second-order valence-electron chi connectivity index (χ2n) is 9.21. The van der Waals surface area contributed by atoms with Gasteiger partial charge < -0.3 is 30.5 Å². The van der Waals surface area contributed by atoms with Gasteiger partial charge in [-0.05, 0) is 49.2 Å². The van der Waals surface area contributed by atoms with Crippen LogP contribution in [-0.2, 0) is 9.53 Å². The Morgan fingerprint density at radius 1 is 0.816 bits per heavy atom. The third-order valence-electron chi connectivity index (χ3n) is 6.43. The lowest BCUT2D eigenvalue weighted by atomic mass is 10.1. The van der Waals surface area contributed by atoms with E-state index in [4.69, 9.17) is 19.7 Å². The van der Waals surface area contributed by atoms with Crippen LogP contribution in [0.25, 0.3) is 11.4 Å². The molecule has 0 aliphatic carbocycles. The van der Waals surface area contributed by atoms with Gasteiger partial charge in [0, 0.05) is 68.5 Å². The van der Waals surface area contributed by atoms with Gasteiger partial charge in [0.05, 0.1) is 13.2 Å². The Kier molecular flexibility index (Phi) is 7.88. The number of aromatic nitrogens is 4. The number of benzene rings is 1. The molecule has 0 bridgehead atoms. The van der Waals surface area contributed by atoms with Gasteiger partial charge in [-0.3, -0.25) is 9.78 Å². The largest absolute Gasteiger partial charge is 0.378 e. The Labute approximate surface area is 220 Å². The minimum absolute atomic E-state index is 0.00622. The van der Waals surface area contributed by atoms with Crippen LogP contribution in [0.15, 0.2) is 48.8 Å². The number of hydrogen-bond donors (Lipinski definition) is 3. The highest BCUT2D eigenvalue weighted by atomic mass is 16.5. The molecule has 0 saturated carbocycles. The number of amides is 3. The number of carbonyl (C=O) groups excluding carboxylic acids is 2. The van der Waals surface area contributed by atoms with Crippen molar-refractivity contribution >= 4 is 35.2 Å². The van der Waals surface area contributed by atoms with E-state index in [2.05, 4.69) is 30.7 Å². The van der Waals surface area contributed by atoms with E-state index in [0.29, 0.717) is 55.4 Å². The molecule has 2 aliphatic rings. The van der Waals surface area contributed by atoms with Gasteiger partial charge in [-0.25, -0.2) is 4.79 Å². The molecule has 198 valence electrons. The molecule has 3 N–H and O–H groups in total. The first-order chi connectivity index (χ1) is 18.5. The number of ether oxygens (including phenoxy) is 1. The Bertz CT molecular complexity index is 1240. The molecule has 0 atom stereocenters. The molecule has 0 unspecified atom stereocenters. The first-order valence-electron chi connectivity index (χ1n) is 12.7. The fourth-order valence-corrected chi connectivity index (χ4v) is 4.47. The first-order valence-corrected chi connectivity index (χ1v) is 12.7. The number of rotatable bonds is 6. The van der Waals surface area contributed by atoms with Gasteiger partial charge in [-0.1, -0.05) is 0 Å². The molecule has 2 aromatic heterocycles. The van der Waals surface area contributed by atoms with Gasteiger partial charge in [0.25, 0.3) is 0 Å². The lowest BCUT2D eigenvalue weighted by Gasteiger charge is -2.33. The Hall–Kier alpha value is -4.32. The summed E-state index contributed by atoms with van der Waals surface area (Å²) in [5.74, 6) is 1.80. The van der Waals surface area contributed by atoms with Crippen LogP contribution in [0, 0.1) is 0 Å². The quantitative estimate of drug-likeness (QED) is 0.450. The van der Waals surface area contributed by atoms with Crippen molar-refractivity contribution in [3.63, 3.8) is 0 Å². The summed E-state index contributed by atoms with van der Waals surface area (Å²) in [5.41, 5.74) is 2.11. The van der Waals surface area contributed by atoms with Crippen molar-refractivity contribution in [1.29, 1.82) is 0 Å². The van der Waals surface area contributed by atoms with E-state index in [-0.39, 0.29) is 18.0 Å². The van der Waals surface area contributed by atoms with Gasteiger partial charge in [0.2, 0.25) is 17.8 Å². The molecule has 0 radical (unpaired) electrons. The van der Waals surface area contributed by atoms with Crippen LogP contribution in [0.5, 0.6) is 0 Å². The Morgan fingerprint density at radius 2 is 1.39 bits per heavy atom. The standard InChI is InChI=1S/C26H31N9O3/c1-18(36)28-22-8-12-34(13-9-22)24-31-23(32-25(33-24)35-14-16-38-17-15-35)19-2-4-20(5-3-19)29-26(37)30-21-6-10-27-11-7-21/h2-7,10-11,22H,8-9,12-17H2,1H3,(H,28,36)(H2,27,29,30,37). The SMILES string of the molecule is CC(=O)NC1CCN(c2nc(-c3ccc(NC(=O)Nc4ccncc4)cc3)nc(N3CCOCC3)n2)CC1. The summed E-state index contributed by atoms with van der Waals surface area (Å²) < 4.78 is 5.51. The van der Waals surface area contributed by atoms with Crippen LogP contribution >= 0.6 is 0 Å². The van der Waals surface area contributed by atoms with Crippen LogP contribution in [0.2, 0.25) is 0 Å². The summed E-state index contributed by atoms with van der Waals surface area (Å²) in [6.07, 6.45) is 4.89. The number of urea groups is 1. The monoisotopic (exact) mass is 517 g/mol. The molecule has 12 nitrogen and oxygen atoms in total. The summed E-state index contributed by atoms with van der Waals surface area (Å²) in [7, 11) is 0. The van der Waals surface area contributed by atoms with Crippen molar-refractivity contribution in [2.75, 3.05) is 59.8 Å². The number of anilines is 4. The minimum atomic E-state index is -0.344. The summed E-state index contributed by atoms with van der Waals surface area (Å²) in [4.78, 5) is 46.4. The van der Waals surface area contributed by atoms with Crippen molar-refractivity contribution < 1.29 is 14.3 Å². The van der Waals surface area contributed by atoms with E-state index in [1.54, 1.807) is 31.5 Å². The molecule has 2 aliphatic heterocycles. The van der Waals surface area contributed by atoms with Gasteiger partial charge in [0.1, 0.15) is 0 Å². The first kappa shape index (κ1) is 25.3. The molecule has 3 aromatic rings. The molecular weight excluding hydrogens is 486 g/mol. The number of nitrogens with zero attached hydrogens (tertiary/aromatic N) is 6. The predicted molar refractivity (Wildman–Crippen MR) is 144 cm³/mol. The van der Waals surface area contributed by atoms with Crippen LogP contribution < -0.4 is 25.8 Å². The van der Waals surface area contributed by atoms with Crippen LogP contribution in [0.4, 0.5) is 28.1 Å². The average molecular weight is 518 g/mol. The van der Waals surface area contributed by atoms with Crippen LogP contribution in [-0.4, -0.2) is 77.3 Å². The highest BCUT2D eigenvalue weighted by molar-refractivity contribution is 5.99. The maximum absolute atomic E-state index is 12.3. The molecule has 1 aromatic carbocycles. The van der Waals surface area contributed by atoms with E-state index < -0.39 is 0 Å². The number of hydrogen-bond acceptors (Lipinski definition) is 9. The third kappa shape index (κ3) is 6.51. The maximum Gasteiger partial charge on any atom is 0.323 e. The van der Waals surface area contributed by atoms with Gasteiger partial charge in [0.15, 0.2) is 5.82 Å². The third-order valence-corrected chi connectivity index (χ3v) is 6.43. The number of nitrogens with one attached hydrogen (secondary N) is 3. The molecular formula is C26H31N9O3. The summed E-state index contributed by atoms with van der Waals surface area (Å²) in [6, 6.07) is 10.7. The zero-order valence-electron chi connectivity index (χ0n) is 21.3. The van der Waals surface area contributed by atoms with Gasteiger partial charge in [-0.2, -0.15) is 15.0 Å². The minimum Gasteiger partial charge on any atom is -0.378 e.